The van der Waals surface area contributed by atoms with Gasteiger partial charge < -0.3 is 19.8 Å². The molecule has 0 atom stereocenters. The Balaban J connectivity index is 1.37. The van der Waals surface area contributed by atoms with E-state index >= 15 is 0 Å². The first kappa shape index (κ1) is 18.1. The van der Waals surface area contributed by atoms with Gasteiger partial charge in [0.15, 0.2) is 0 Å². The van der Waals surface area contributed by atoms with Crippen molar-refractivity contribution in [2.45, 2.75) is 32.7 Å². The van der Waals surface area contributed by atoms with E-state index in [1.54, 1.807) is 6.20 Å². The number of aryl methyl sites for hydroxylation is 1. The predicted octanol–water partition coefficient (Wildman–Crippen LogP) is 2.67. The van der Waals surface area contributed by atoms with E-state index in [1.807, 2.05) is 30.0 Å². The zero-order valence-electron chi connectivity index (χ0n) is 16.6. The normalized spacial score (nSPS) is 16.9. The Labute approximate surface area is 168 Å². The highest BCUT2D eigenvalue weighted by atomic mass is 16.2. The molecule has 150 valence electrons. The Morgan fingerprint density at radius 2 is 1.97 bits per heavy atom. The van der Waals surface area contributed by atoms with Crippen LogP contribution in [0.15, 0.2) is 29.2 Å². The highest BCUT2D eigenvalue weighted by Crippen LogP contribution is 2.29. The molecular formula is C22H25N5O2. The van der Waals surface area contributed by atoms with Crippen LogP contribution in [0.5, 0.6) is 0 Å². The second-order valence-electron chi connectivity index (χ2n) is 8.11. The highest BCUT2D eigenvalue weighted by Gasteiger charge is 2.28. The molecule has 1 aromatic carbocycles. The number of H-pyrrole nitrogens is 2. The van der Waals surface area contributed by atoms with Crippen LogP contribution in [0.1, 0.15) is 40.7 Å². The van der Waals surface area contributed by atoms with Crippen LogP contribution in [-0.2, 0) is 6.54 Å². The van der Waals surface area contributed by atoms with Crippen LogP contribution >= 0.6 is 0 Å². The average molecular weight is 391 g/mol. The molecule has 0 saturated carbocycles. The number of imidazole rings is 1. The van der Waals surface area contributed by atoms with Gasteiger partial charge in [0, 0.05) is 24.8 Å². The van der Waals surface area contributed by atoms with E-state index in [4.69, 9.17) is 0 Å². The van der Waals surface area contributed by atoms with E-state index in [0.717, 1.165) is 47.2 Å². The lowest BCUT2D eigenvalue weighted by Gasteiger charge is -2.19. The number of nitrogens with zero attached hydrogens (tertiary/aromatic N) is 3. The van der Waals surface area contributed by atoms with Crippen molar-refractivity contribution in [1.82, 2.24) is 24.8 Å². The van der Waals surface area contributed by atoms with E-state index in [0.29, 0.717) is 17.9 Å². The van der Waals surface area contributed by atoms with Crippen molar-refractivity contribution in [3.05, 3.63) is 51.4 Å². The van der Waals surface area contributed by atoms with Crippen molar-refractivity contribution in [3.63, 3.8) is 0 Å². The molecule has 0 aliphatic carbocycles. The third-order valence-electron chi connectivity index (χ3n) is 6.09. The number of hydrogen-bond acceptors (Lipinski definition) is 4. The standard InChI is InChI=1S/C22H25N5O2/c1-14-5-6-23-21(28)19(14)20-24-17-11-15-13-27(10-4-9-26-7-2-3-8-26)22(29)16(15)12-18(17)25-20/h5-6,11-12H,2-4,7-10,13H2,1H3,(H,23,28)(H,24,25). The fraction of sp³-hybridized carbons (Fsp3) is 0.409. The van der Waals surface area contributed by atoms with Crippen molar-refractivity contribution in [2.75, 3.05) is 26.2 Å². The third-order valence-corrected chi connectivity index (χ3v) is 6.09. The summed E-state index contributed by atoms with van der Waals surface area (Å²) in [5.74, 6) is 0.631. The van der Waals surface area contributed by atoms with Crippen LogP contribution in [0.3, 0.4) is 0 Å². The molecule has 1 saturated heterocycles. The van der Waals surface area contributed by atoms with Crippen LogP contribution in [0.4, 0.5) is 0 Å². The highest BCUT2D eigenvalue weighted by molar-refractivity contribution is 6.01. The van der Waals surface area contributed by atoms with Crippen molar-refractivity contribution in [2.24, 2.45) is 0 Å². The van der Waals surface area contributed by atoms with Crippen molar-refractivity contribution >= 4 is 16.9 Å². The maximum Gasteiger partial charge on any atom is 0.259 e. The number of benzene rings is 1. The van der Waals surface area contributed by atoms with Gasteiger partial charge in [-0.25, -0.2) is 4.98 Å². The second-order valence-corrected chi connectivity index (χ2v) is 8.11. The lowest BCUT2D eigenvalue weighted by Crippen LogP contribution is -2.29. The number of likely N-dealkylation sites (tertiary alicyclic amines) is 1. The number of carbonyl (C=O) groups excluding carboxylic acids is 1. The molecule has 5 rings (SSSR count). The fourth-order valence-electron chi connectivity index (χ4n) is 4.54. The van der Waals surface area contributed by atoms with Crippen LogP contribution in [0, 0.1) is 6.92 Å². The third kappa shape index (κ3) is 3.25. The monoisotopic (exact) mass is 391 g/mol. The van der Waals surface area contributed by atoms with Crippen LogP contribution in [0.2, 0.25) is 0 Å². The molecule has 0 spiro atoms. The Hall–Kier alpha value is -2.93. The van der Waals surface area contributed by atoms with Crippen molar-refractivity contribution < 1.29 is 4.79 Å². The topological polar surface area (TPSA) is 85.1 Å². The van der Waals surface area contributed by atoms with Gasteiger partial charge in [-0.05, 0) is 75.1 Å². The van der Waals surface area contributed by atoms with Crippen LogP contribution < -0.4 is 5.56 Å². The Kier molecular flexibility index (Phi) is 4.47. The largest absolute Gasteiger partial charge is 0.338 e. The summed E-state index contributed by atoms with van der Waals surface area (Å²) in [5.41, 5.74) is 4.56. The molecule has 29 heavy (non-hydrogen) atoms. The molecule has 2 aliphatic heterocycles. The Morgan fingerprint density at radius 3 is 2.76 bits per heavy atom. The number of rotatable bonds is 5. The molecule has 0 unspecified atom stereocenters. The number of pyridine rings is 1. The molecule has 4 heterocycles. The average Bonchev–Trinajstić information content (AvgIpc) is 3.40. The van der Waals surface area contributed by atoms with E-state index in [9.17, 15) is 9.59 Å². The summed E-state index contributed by atoms with van der Waals surface area (Å²) in [4.78, 5) is 40.1. The molecule has 2 aliphatic rings. The van der Waals surface area contributed by atoms with Gasteiger partial charge in [0.2, 0.25) is 0 Å². The van der Waals surface area contributed by atoms with Gasteiger partial charge in [0.05, 0.1) is 16.6 Å². The molecule has 7 heteroatoms. The zero-order chi connectivity index (χ0) is 20.0. The lowest BCUT2D eigenvalue weighted by atomic mass is 10.1. The van der Waals surface area contributed by atoms with Crippen molar-refractivity contribution in [1.29, 1.82) is 0 Å². The van der Waals surface area contributed by atoms with Gasteiger partial charge in [-0.1, -0.05) is 0 Å². The molecule has 2 aromatic heterocycles. The summed E-state index contributed by atoms with van der Waals surface area (Å²) >= 11 is 0. The molecule has 1 amide bonds. The van der Waals surface area contributed by atoms with E-state index in [1.165, 1.54) is 25.9 Å². The number of aromatic nitrogens is 3. The van der Waals surface area contributed by atoms with E-state index in [-0.39, 0.29) is 11.5 Å². The number of amides is 1. The SMILES string of the molecule is Cc1cc[nH]c(=O)c1-c1nc2cc3c(cc2[nH]1)C(=O)N(CCCN1CCCC1)C3. The summed E-state index contributed by atoms with van der Waals surface area (Å²) in [6.07, 6.45) is 5.23. The predicted molar refractivity (Wildman–Crippen MR) is 112 cm³/mol. The number of nitrogens with one attached hydrogen (secondary N) is 2. The van der Waals surface area contributed by atoms with Gasteiger partial charge >= 0.3 is 0 Å². The first-order valence-electron chi connectivity index (χ1n) is 10.3. The maximum atomic E-state index is 12.9. The number of hydrogen-bond donors (Lipinski definition) is 2. The molecule has 1 fully saturated rings. The zero-order valence-corrected chi connectivity index (χ0v) is 16.6. The summed E-state index contributed by atoms with van der Waals surface area (Å²) in [6.45, 7) is 6.76. The van der Waals surface area contributed by atoms with Gasteiger partial charge in [0.1, 0.15) is 5.82 Å². The molecule has 3 aromatic rings. The lowest BCUT2D eigenvalue weighted by molar-refractivity contribution is 0.0772. The molecule has 7 nitrogen and oxygen atoms in total. The smallest absolute Gasteiger partial charge is 0.259 e. The minimum atomic E-state index is -0.170. The molecule has 0 radical (unpaired) electrons. The van der Waals surface area contributed by atoms with Gasteiger partial charge in [-0.2, -0.15) is 0 Å². The van der Waals surface area contributed by atoms with Gasteiger partial charge in [-0.3, -0.25) is 9.59 Å². The summed E-state index contributed by atoms with van der Waals surface area (Å²) in [6, 6.07) is 5.72. The quantitative estimate of drug-likeness (QED) is 0.700. The first-order chi connectivity index (χ1) is 14.1. The minimum Gasteiger partial charge on any atom is -0.338 e. The minimum absolute atomic E-state index is 0.0909. The molecule has 2 N–H and O–H groups in total. The van der Waals surface area contributed by atoms with Crippen LogP contribution in [-0.4, -0.2) is 56.8 Å². The number of fused-ring (bicyclic) bond motifs is 2. The summed E-state index contributed by atoms with van der Waals surface area (Å²) in [5, 5.41) is 0. The fourth-order valence-corrected chi connectivity index (χ4v) is 4.54. The van der Waals surface area contributed by atoms with Crippen molar-refractivity contribution in [3.8, 4) is 11.4 Å². The van der Waals surface area contributed by atoms with E-state index in [2.05, 4.69) is 19.9 Å². The molecular weight excluding hydrogens is 366 g/mol. The summed E-state index contributed by atoms with van der Waals surface area (Å²) < 4.78 is 0. The Morgan fingerprint density at radius 1 is 1.14 bits per heavy atom. The van der Waals surface area contributed by atoms with Gasteiger partial charge in [-0.15, -0.1) is 0 Å². The van der Waals surface area contributed by atoms with Gasteiger partial charge in [0.25, 0.3) is 11.5 Å². The molecule has 0 bridgehead atoms. The second kappa shape index (κ2) is 7.15. The summed E-state index contributed by atoms with van der Waals surface area (Å²) in [7, 11) is 0. The number of aromatic amines is 2. The first-order valence-corrected chi connectivity index (χ1v) is 10.3. The number of carbonyl (C=O) groups is 1. The van der Waals surface area contributed by atoms with Crippen LogP contribution in [0.25, 0.3) is 22.4 Å². The Bertz CT molecular complexity index is 1140. The van der Waals surface area contributed by atoms with E-state index < -0.39 is 0 Å². The maximum absolute atomic E-state index is 12.9.